The molecule has 0 saturated heterocycles. The summed E-state index contributed by atoms with van der Waals surface area (Å²) in [6, 6.07) is 7.61. The maximum atomic E-state index is 11.4. The Bertz CT molecular complexity index is 410. The molecule has 0 aliphatic heterocycles. The van der Waals surface area contributed by atoms with Gasteiger partial charge in [0.25, 0.3) is 0 Å². The zero-order valence-electron chi connectivity index (χ0n) is 11.2. The van der Waals surface area contributed by atoms with Crippen molar-refractivity contribution in [3.05, 3.63) is 29.8 Å². The van der Waals surface area contributed by atoms with Crippen LogP contribution in [0.3, 0.4) is 0 Å². The summed E-state index contributed by atoms with van der Waals surface area (Å²) in [6.45, 7) is 1.82. The maximum Gasteiger partial charge on any atom is 0.224 e. The molecule has 4 heteroatoms. The SMILES string of the molecule is CCC(=O)Nc1ccc(CCC(=O)N(C)C)cc1. The van der Waals surface area contributed by atoms with E-state index in [1.54, 1.807) is 19.0 Å². The molecule has 98 valence electrons. The van der Waals surface area contributed by atoms with Gasteiger partial charge in [-0.25, -0.2) is 0 Å². The first kappa shape index (κ1) is 14.2. The monoisotopic (exact) mass is 248 g/mol. The topological polar surface area (TPSA) is 49.4 Å². The van der Waals surface area contributed by atoms with Gasteiger partial charge in [-0.3, -0.25) is 9.59 Å². The summed E-state index contributed by atoms with van der Waals surface area (Å²) >= 11 is 0. The fourth-order valence-electron chi connectivity index (χ4n) is 1.48. The Balaban J connectivity index is 2.50. The third-order valence-electron chi connectivity index (χ3n) is 2.69. The highest BCUT2D eigenvalue weighted by molar-refractivity contribution is 5.90. The zero-order chi connectivity index (χ0) is 13.5. The fourth-order valence-corrected chi connectivity index (χ4v) is 1.48. The van der Waals surface area contributed by atoms with Gasteiger partial charge < -0.3 is 10.2 Å². The molecule has 0 atom stereocenters. The summed E-state index contributed by atoms with van der Waals surface area (Å²) in [7, 11) is 3.51. The highest BCUT2D eigenvalue weighted by Crippen LogP contribution is 2.11. The Morgan fingerprint density at radius 3 is 2.28 bits per heavy atom. The average Bonchev–Trinajstić information content (AvgIpc) is 2.37. The van der Waals surface area contributed by atoms with Crippen LogP contribution in [-0.2, 0) is 16.0 Å². The van der Waals surface area contributed by atoms with E-state index in [9.17, 15) is 9.59 Å². The normalized spacial score (nSPS) is 9.94. The van der Waals surface area contributed by atoms with E-state index in [-0.39, 0.29) is 11.8 Å². The molecule has 4 nitrogen and oxygen atoms in total. The van der Waals surface area contributed by atoms with Crippen LogP contribution in [0.15, 0.2) is 24.3 Å². The van der Waals surface area contributed by atoms with Crippen LogP contribution in [0.5, 0.6) is 0 Å². The van der Waals surface area contributed by atoms with Crippen LogP contribution in [0, 0.1) is 0 Å². The quantitative estimate of drug-likeness (QED) is 0.867. The lowest BCUT2D eigenvalue weighted by atomic mass is 10.1. The van der Waals surface area contributed by atoms with Gasteiger partial charge in [-0.2, -0.15) is 0 Å². The molecule has 18 heavy (non-hydrogen) atoms. The van der Waals surface area contributed by atoms with Gasteiger partial charge >= 0.3 is 0 Å². The van der Waals surface area contributed by atoms with Crippen LogP contribution in [-0.4, -0.2) is 30.8 Å². The molecule has 0 unspecified atom stereocenters. The van der Waals surface area contributed by atoms with Gasteiger partial charge in [0.1, 0.15) is 0 Å². The standard InChI is InChI=1S/C14H20N2O2/c1-4-13(17)15-12-8-5-11(6-9-12)7-10-14(18)16(2)3/h5-6,8-9H,4,7,10H2,1-3H3,(H,15,17). The van der Waals surface area contributed by atoms with Crippen molar-refractivity contribution in [2.24, 2.45) is 0 Å². The second-order valence-corrected chi connectivity index (χ2v) is 4.39. The second kappa shape index (κ2) is 6.79. The maximum absolute atomic E-state index is 11.4. The molecule has 0 heterocycles. The van der Waals surface area contributed by atoms with E-state index >= 15 is 0 Å². The fraction of sp³-hybridized carbons (Fsp3) is 0.429. The Labute approximate surface area is 108 Å². The molecule has 1 rings (SSSR count). The molecule has 2 amide bonds. The van der Waals surface area contributed by atoms with E-state index in [1.165, 1.54) is 0 Å². The van der Waals surface area contributed by atoms with Crippen LogP contribution >= 0.6 is 0 Å². The van der Waals surface area contributed by atoms with Crippen molar-refractivity contribution in [1.29, 1.82) is 0 Å². The summed E-state index contributed by atoms with van der Waals surface area (Å²) in [6.07, 6.45) is 1.70. The second-order valence-electron chi connectivity index (χ2n) is 4.39. The first-order valence-electron chi connectivity index (χ1n) is 6.12. The van der Waals surface area contributed by atoms with Crippen LogP contribution in [0.25, 0.3) is 0 Å². The smallest absolute Gasteiger partial charge is 0.224 e. The molecule has 0 fully saturated rings. The minimum Gasteiger partial charge on any atom is -0.349 e. The van der Waals surface area contributed by atoms with Gasteiger partial charge in [-0.1, -0.05) is 19.1 Å². The number of aryl methyl sites for hydroxylation is 1. The van der Waals surface area contributed by atoms with Gasteiger partial charge in [0.2, 0.25) is 11.8 Å². The van der Waals surface area contributed by atoms with Gasteiger partial charge in [0.15, 0.2) is 0 Å². The number of anilines is 1. The van der Waals surface area contributed by atoms with Crippen molar-refractivity contribution in [3.8, 4) is 0 Å². The number of hydrogen-bond donors (Lipinski definition) is 1. The lowest BCUT2D eigenvalue weighted by Gasteiger charge is -2.10. The largest absolute Gasteiger partial charge is 0.349 e. The molecule has 1 aromatic carbocycles. The molecule has 0 saturated carbocycles. The number of benzene rings is 1. The predicted molar refractivity (Wildman–Crippen MR) is 72.4 cm³/mol. The number of hydrogen-bond acceptors (Lipinski definition) is 2. The molecule has 0 aliphatic rings. The van der Waals surface area contributed by atoms with Gasteiger partial charge in [0.05, 0.1) is 0 Å². The van der Waals surface area contributed by atoms with Crippen molar-refractivity contribution >= 4 is 17.5 Å². The van der Waals surface area contributed by atoms with Crippen LogP contribution in [0.1, 0.15) is 25.3 Å². The molecule has 0 bridgehead atoms. The van der Waals surface area contributed by atoms with Gasteiger partial charge in [0, 0.05) is 32.6 Å². The van der Waals surface area contributed by atoms with Crippen molar-refractivity contribution in [1.82, 2.24) is 4.90 Å². The number of nitrogens with zero attached hydrogens (tertiary/aromatic N) is 1. The van der Waals surface area contributed by atoms with Crippen LogP contribution in [0.4, 0.5) is 5.69 Å². The minimum absolute atomic E-state index is 0.00513. The first-order valence-corrected chi connectivity index (χ1v) is 6.12. The Kier molecular flexibility index (Phi) is 5.36. The summed E-state index contributed by atoms with van der Waals surface area (Å²) in [5, 5.41) is 2.79. The zero-order valence-corrected chi connectivity index (χ0v) is 11.2. The Morgan fingerprint density at radius 2 is 1.78 bits per heavy atom. The molecular formula is C14H20N2O2. The Morgan fingerprint density at radius 1 is 1.17 bits per heavy atom. The first-order chi connectivity index (χ1) is 8.52. The third-order valence-corrected chi connectivity index (χ3v) is 2.69. The number of carbonyl (C=O) groups is 2. The van der Waals surface area contributed by atoms with Gasteiger partial charge in [-0.15, -0.1) is 0 Å². The molecule has 1 aromatic rings. The highest BCUT2D eigenvalue weighted by atomic mass is 16.2. The predicted octanol–water partition coefficient (Wildman–Crippen LogP) is 2.06. The van der Waals surface area contributed by atoms with Crippen molar-refractivity contribution < 1.29 is 9.59 Å². The summed E-state index contributed by atoms with van der Waals surface area (Å²) in [5.74, 6) is 0.129. The highest BCUT2D eigenvalue weighted by Gasteiger charge is 2.04. The van der Waals surface area contributed by atoms with Crippen LogP contribution < -0.4 is 5.32 Å². The number of carbonyl (C=O) groups excluding carboxylic acids is 2. The molecule has 0 spiro atoms. The third kappa shape index (κ3) is 4.57. The Hall–Kier alpha value is -1.84. The lowest BCUT2D eigenvalue weighted by molar-refractivity contribution is -0.128. The van der Waals surface area contributed by atoms with E-state index in [0.29, 0.717) is 12.8 Å². The van der Waals surface area contributed by atoms with Gasteiger partial charge in [-0.05, 0) is 24.1 Å². The number of amides is 2. The van der Waals surface area contributed by atoms with E-state index in [4.69, 9.17) is 0 Å². The van der Waals surface area contributed by atoms with Crippen molar-refractivity contribution in [2.45, 2.75) is 26.2 Å². The van der Waals surface area contributed by atoms with Crippen molar-refractivity contribution in [3.63, 3.8) is 0 Å². The van der Waals surface area contributed by atoms with E-state index < -0.39 is 0 Å². The molecule has 0 aliphatic carbocycles. The molecular weight excluding hydrogens is 228 g/mol. The number of nitrogens with one attached hydrogen (secondary N) is 1. The van der Waals surface area contributed by atoms with Crippen LogP contribution in [0.2, 0.25) is 0 Å². The van der Waals surface area contributed by atoms with E-state index in [2.05, 4.69) is 5.32 Å². The molecule has 1 N–H and O–H groups in total. The number of rotatable bonds is 5. The summed E-state index contributed by atoms with van der Waals surface area (Å²) in [4.78, 5) is 24.2. The molecule has 0 radical (unpaired) electrons. The molecule has 0 aromatic heterocycles. The minimum atomic E-state index is 0.00513. The average molecular weight is 248 g/mol. The van der Waals surface area contributed by atoms with E-state index in [1.807, 2.05) is 31.2 Å². The summed E-state index contributed by atoms with van der Waals surface area (Å²) < 4.78 is 0. The summed E-state index contributed by atoms with van der Waals surface area (Å²) in [5.41, 5.74) is 1.89. The van der Waals surface area contributed by atoms with E-state index in [0.717, 1.165) is 17.7 Å². The lowest BCUT2D eigenvalue weighted by Crippen LogP contribution is -2.21. The van der Waals surface area contributed by atoms with Crippen molar-refractivity contribution in [2.75, 3.05) is 19.4 Å².